The molecule has 0 aliphatic rings. The molecule has 5 heteroatoms. The van der Waals surface area contributed by atoms with Crippen molar-refractivity contribution in [2.24, 2.45) is 0 Å². The van der Waals surface area contributed by atoms with Crippen LogP contribution in [0.2, 0.25) is 0 Å². The van der Waals surface area contributed by atoms with E-state index in [9.17, 15) is 0 Å². The lowest BCUT2D eigenvalue weighted by Gasteiger charge is -2.14. The summed E-state index contributed by atoms with van der Waals surface area (Å²) in [5, 5.41) is 3.21. The molecule has 1 N–H and O–H groups in total. The third kappa shape index (κ3) is 3.42. The maximum atomic E-state index is 5.92. The Balaban J connectivity index is 2.33. The summed E-state index contributed by atoms with van der Waals surface area (Å²) in [7, 11) is 1.59. The third-order valence-electron chi connectivity index (χ3n) is 3.28. The zero-order valence-electron chi connectivity index (χ0n) is 12.9. The molecule has 1 aromatic carbocycles. The third-order valence-corrected chi connectivity index (χ3v) is 3.28. The Morgan fingerprint density at radius 2 is 2.00 bits per heavy atom. The summed E-state index contributed by atoms with van der Waals surface area (Å²) in [6.45, 7) is 6.98. The maximum absolute atomic E-state index is 5.92. The zero-order chi connectivity index (χ0) is 15.2. The Labute approximate surface area is 125 Å². The molecule has 0 spiro atoms. The van der Waals surface area contributed by atoms with Crippen molar-refractivity contribution in [3.05, 3.63) is 35.7 Å². The fourth-order valence-electron chi connectivity index (χ4n) is 1.92. The van der Waals surface area contributed by atoms with Crippen LogP contribution in [0.15, 0.2) is 24.5 Å². The van der Waals surface area contributed by atoms with Crippen molar-refractivity contribution in [1.82, 2.24) is 9.97 Å². The number of aryl methyl sites for hydroxylation is 1. The van der Waals surface area contributed by atoms with Crippen LogP contribution in [-0.2, 0) is 0 Å². The summed E-state index contributed by atoms with van der Waals surface area (Å²) >= 11 is 0. The molecule has 112 valence electrons. The second-order valence-corrected chi connectivity index (χ2v) is 4.79. The van der Waals surface area contributed by atoms with Crippen LogP contribution in [0.1, 0.15) is 24.5 Å². The molecular weight excluding hydrogens is 266 g/mol. The second-order valence-electron chi connectivity index (χ2n) is 4.79. The molecule has 0 aliphatic heterocycles. The molecule has 1 aromatic heterocycles. The summed E-state index contributed by atoms with van der Waals surface area (Å²) in [6, 6.07) is 5.93. The zero-order valence-corrected chi connectivity index (χ0v) is 12.9. The van der Waals surface area contributed by atoms with Crippen molar-refractivity contribution >= 4 is 5.82 Å². The molecule has 2 rings (SSSR count). The Morgan fingerprint density at radius 1 is 1.19 bits per heavy atom. The lowest BCUT2D eigenvalue weighted by atomic mass is 10.1. The van der Waals surface area contributed by atoms with E-state index >= 15 is 0 Å². The lowest BCUT2D eigenvalue weighted by molar-refractivity contribution is 0.368. The van der Waals surface area contributed by atoms with Crippen molar-refractivity contribution in [2.45, 2.75) is 27.2 Å². The van der Waals surface area contributed by atoms with Gasteiger partial charge < -0.3 is 14.8 Å². The van der Waals surface area contributed by atoms with Gasteiger partial charge in [-0.05, 0) is 37.5 Å². The van der Waals surface area contributed by atoms with Crippen LogP contribution in [-0.4, -0.2) is 23.6 Å². The van der Waals surface area contributed by atoms with Gasteiger partial charge in [0.15, 0.2) is 5.82 Å². The van der Waals surface area contributed by atoms with E-state index in [-0.39, 0.29) is 0 Å². The van der Waals surface area contributed by atoms with E-state index in [4.69, 9.17) is 9.47 Å². The molecule has 5 nitrogen and oxygen atoms in total. The van der Waals surface area contributed by atoms with Gasteiger partial charge in [-0.3, -0.25) is 0 Å². The van der Waals surface area contributed by atoms with Gasteiger partial charge in [0.05, 0.1) is 7.11 Å². The van der Waals surface area contributed by atoms with Crippen LogP contribution in [0.4, 0.5) is 5.82 Å². The Hall–Kier alpha value is -2.30. The summed E-state index contributed by atoms with van der Waals surface area (Å²) in [4.78, 5) is 8.39. The molecule has 0 amide bonds. The molecule has 0 aliphatic carbocycles. The van der Waals surface area contributed by atoms with Gasteiger partial charge in [0.1, 0.15) is 12.1 Å². The number of ether oxygens (including phenoxy) is 2. The van der Waals surface area contributed by atoms with E-state index in [0.717, 1.165) is 24.3 Å². The minimum atomic E-state index is 0.416. The van der Waals surface area contributed by atoms with Crippen molar-refractivity contribution in [3.8, 4) is 17.4 Å². The smallest absolute Gasteiger partial charge is 0.268 e. The topological polar surface area (TPSA) is 56.3 Å². The second kappa shape index (κ2) is 6.92. The van der Waals surface area contributed by atoms with Crippen LogP contribution in [0, 0.1) is 13.8 Å². The number of hydrogen-bond donors (Lipinski definition) is 1. The maximum Gasteiger partial charge on any atom is 0.268 e. The SMILES string of the molecule is CCCNc1ncnc(Oc2cccc(C)c2C)c1OC. The van der Waals surface area contributed by atoms with Gasteiger partial charge in [-0.1, -0.05) is 19.1 Å². The quantitative estimate of drug-likeness (QED) is 0.877. The standard InChI is InChI=1S/C16H21N3O2/c1-5-9-17-15-14(20-4)16(19-10-18-15)21-13-8-6-7-11(2)12(13)3/h6-8,10H,5,9H2,1-4H3,(H,17,18,19). The van der Waals surface area contributed by atoms with Crippen LogP contribution in [0.5, 0.6) is 17.4 Å². The summed E-state index contributed by atoms with van der Waals surface area (Å²) in [5.74, 6) is 2.36. The first-order valence-corrected chi connectivity index (χ1v) is 7.04. The largest absolute Gasteiger partial charge is 0.489 e. The van der Waals surface area contributed by atoms with Crippen LogP contribution in [0.25, 0.3) is 0 Å². The first-order valence-electron chi connectivity index (χ1n) is 7.04. The number of anilines is 1. The van der Waals surface area contributed by atoms with Crippen LogP contribution in [0.3, 0.4) is 0 Å². The van der Waals surface area contributed by atoms with E-state index in [1.165, 1.54) is 11.9 Å². The van der Waals surface area contributed by atoms with Gasteiger partial charge in [0.2, 0.25) is 5.75 Å². The molecule has 0 fully saturated rings. The molecule has 0 bridgehead atoms. The predicted octanol–water partition coefficient (Wildman–Crippen LogP) is 3.72. The van der Waals surface area contributed by atoms with Gasteiger partial charge in [-0.25, -0.2) is 4.98 Å². The molecule has 0 atom stereocenters. The first-order chi connectivity index (χ1) is 10.2. The number of aromatic nitrogens is 2. The van der Waals surface area contributed by atoms with E-state index in [1.807, 2.05) is 32.0 Å². The predicted molar refractivity (Wildman–Crippen MR) is 83.4 cm³/mol. The van der Waals surface area contributed by atoms with E-state index in [0.29, 0.717) is 17.4 Å². The molecule has 21 heavy (non-hydrogen) atoms. The minimum absolute atomic E-state index is 0.416. The van der Waals surface area contributed by atoms with Gasteiger partial charge in [-0.2, -0.15) is 4.98 Å². The number of benzene rings is 1. The Kier molecular flexibility index (Phi) is 4.98. The molecular formula is C16H21N3O2. The number of nitrogens with zero attached hydrogens (tertiary/aromatic N) is 2. The molecule has 0 radical (unpaired) electrons. The fourth-order valence-corrected chi connectivity index (χ4v) is 1.92. The highest BCUT2D eigenvalue weighted by molar-refractivity contribution is 5.56. The van der Waals surface area contributed by atoms with Crippen molar-refractivity contribution in [3.63, 3.8) is 0 Å². The van der Waals surface area contributed by atoms with Crippen LogP contribution >= 0.6 is 0 Å². The molecule has 0 saturated heterocycles. The highest BCUT2D eigenvalue weighted by atomic mass is 16.5. The van der Waals surface area contributed by atoms with Gasteiger partial charge in [0, 0.05) is 6.54 Å². The molecule has 0 saturated carbocycles. The highest BCUT2D eigenvalue weighted by Gasteiger charge is 2.15. The van der Waals surface area contributed by atoms with E-state index in [2.05, 4.69) is 22.2 Å². The Bertz CT molecular complexity index is 614. The minimum Gasteiger partial charge on any atom is -0.489 e. The fraction of sp³-hybridized carbons (Fsp3) is 0.375. The first kappa shape index (κ1) is 15.1. The van der Waals surface area contributed by atoms with E-state index in [1.54, 1.807) is 7.11 Å². The summed E-state index contributed by atoms with van der Waals surface area (Å²) in [6.07, 6.45) is 2.47. The number of rotatable bonds is 6. The van der Waals surface area contributed by atoms with E-state index < -0.39 is 0 Å². The Morgan fingerprint density at radius 3 is 2.71 bits per heavy atom. The molecule has 0 unspecified atom stereocenters. The van der Waals surface area contributed by atoms with Crippen molar-refractivity contribution < 1.29 is 9.47 Å². The monoisotopic (exact) mass is 287 g/mol. The van der Waals surface area contributed by atoms with Crippen LogP contribution < -0.4 is 14.8 Å². The molecule has 2 aromatic rings. The average molecular weight is 287 g/mol. The number of methoxy groups -OCH3 is 1. The average Bonchev–Trinajstić information content (AvgIpc) is 2.50. The number of nitrogens with one attached hydrogen (secondary N) is 1. The van der Waals surface area contributed by atoms with Gasteiger partial charge >= 0.3 is 0 Å². The normalized spacial score (nSPS) is 10.3. The van der Waals surface area contributed by atoms with Gasteiger partial charge in [-0.15, -0.1) is 0 Å². The highest BCUT2D eigenvalue weighted by Crippen LogP contribution is 2.35. The lowest BCUT2D eigenvalue weighted by Crippen LogP contribution is -2.06. The summed E-state index contributed by atoms with van der Waals surface area (Å²) in [5.41, 5.74) is 2.26. The van der Waals surface area contributed by atoms with Crippen molar-refractivity contribution in [2.75, 3.05) is 19.0 Å². The van der Waals surface area contributed by atoms with Gasteiger partial charge in [0.25, 0.3) is 5.88 Å². The van der Waals surface area contributed by atoms with Crippen molar-refractivity contribution in [1.29, 1.82) is 0 Å². The molecule has 1 heterocycles. The number of hydrogen-bond acceptors (Lipinski definition) is 5. The summed E-state index contributed by atoms with van der Waals surface area (Å²) < 4.78 is 11.3.